The number of alkyl halides is 3. The van der Waals surface area contributed by atoms with Crippen molar-refractivity contribution in [2.24, 2.45) is 0 Å². The molecule has 0 amide bonds. The van der Waals surface area contributed by atoms with Crippen molar-refractivity contribution in [1.82, 2.24) is 14.1 Å². The summed E-state index contributed by atoms with van der Waals surface area (Å²) in [5, 5.41) is 1.04. The molecule has 0 saturated carbocycles. The largest absolute Gasteiger partial charge is 0.416 e. The number of rotatable bonds is 3. The monoisotopic (exact) mass is 341 g/mol. The third kappa shape index (κ3) is 2.91. The second-order valence-corrected chi connectivity index (χ2v) is 5.81. The van der Waals surface area contributed by atoms with Crippen LogP contribution in [0.1, 0.15) is 11.3 Å². The Morgan fingerprint density at radius 1 is 0.960 bits per heavy atom. The van der Waals surface area contributed by atoms with Crippen LogP contribution >= 0.6 is 0 Å². The van der Waals surface area contributed by atoms with Crippen LogP contribution in [0, 0.1) is 0 Å². The molecule has 2 heterocycles. The minimum absolute atomic E-state index is 0.579. The van der Waals surface area contributed by atoms with E-state index in [9.17, 15) is 13.2 Å². The molecule has 0 unspecified atom stereocenters. The molecule has 3 nitrogen and oxygen atoms in total. The van der Waals surface area contributed by atoms with Crippen LogP contribution in [0.4, 0.5) is 13.2 Å². The Morgan fingerprint density at radius 3 is 2.40 bits per heavy atom. The summed E-state index contributed by atoms with van der Waals surface area (Å²) in [6.07, 6.45) is 0.936. The Morgan fingerprint density at radius 2 is 1.72 bits per heavy atom. The lowest BCUT2D eigenvalue weighted by Gasteiger charge is -2.13. The zero-order chi connectivity index (χ0) is 17.4. The first-order valence-corrected chi connectivity index (χ1v) is 7.75. The number of aromatic nitrogens is 3. The number of para-hydroxylation sites is 1. The number of hydrogen-bond acceptors (Lipinski definition) is 1. The summed E-state index contributed by atoms with van der Waals surface area (Å²) in [5.74, 6) is 0. The number of benzene rings is 2. The predicted octanol–water partition coefficient (Wildman–Crippen LogP) is 4.89. The van der Waals surface area contributed by atoms with Gasteiger partial charge in [0.1, 0.15) is 0 Å². The molecule has 0 atom stereocenters. The Balaban J connectivity index is 1.84. The van der Waals surface area contributed by atoms with Crippen LogP contribution in [0.25, 0.3) is 16.6 Å². The van der Waals surface area contributed by atoms with Gasteiger partial charge in [-0.2, -0.15) is 13.2 Å². The SMILES string of the molecule is FC(F)(F)c1ccc(-n2c(Cn3ccnc3)cc3ccccc32)cc1. The maximum atomic E-state index is 12.8. The van der Waals surface area contributed by atoms with E-state index in [0.717, 1.165) is 28.7 Å². The number of fused-ring (bicyclic) bond motifs is 1. The average molecular weight is 341 g/mol. The van der Waals surface area contributed by atoms with Crippen LogP contribution in [-0.4, -0.2) is 14.1 Å². The quantitative estimate of drug-likeness (QED) is 0.520. The molecular weight excluding hydrogens is 327 g/mol. The zero-order valence-corrected chi connectivity index (χ0v) is 13.1. The smallest absolute Gasteiger partial charge is 0.332 e. The van der Waals surface area contributed by atoms with Crippen molar-refractivity contribution in [2.75, 3.05) is 0 Å². The fourth-order valence-corrected chi connectivity index (χ4v) is 3.00. The summed E-state index contributed by atoms with van der Waals surface area (Å²) in [6.45, 7) is 0.579. The van der Waals surface area contributed by atoms with Crippen LogP contribution in [0.15, 0.2) is 73.3 Å². The lowest BCUT2D eigenvalue weighted by atomic mass is 10.2. The van der Waals surface area contributed by atoms with Gasteiger partial charge in [-0.05, 0) is 36.4 Å². The number of nitrogens with zero attached hydrogens (tertiary/aromatic N) is 3. The van der Waals surface area contributed by atoms with Gasteiger partial charge in [0.2, 0.25) is 0 Å². The van der Waals surface area contributed by atoms with Gasteiger partial charge in [0.05, 0.1) is 24.0 Å². The maximum absolute atomic E-state index is 12.8. The van der Waals surface area contributed by atoms with E-state index in [1.54, 1.807) is 12.5 Å². The summed E-state index contributed by atoms with van der Waals surface area (Å²) in [6, 6.07) is 15.1. The van der Waals surface area contributed by atoms with E-state index in [0.29, 0.717) is 12.2 Å². The first-order valence-electron chi connectivity index (χ1n) is 7.75. The molecule has 0 radical (unpaired) electrons. The van der Waals surface area contributed by atoms with Gasteiger partial charge in [-0.15, -0.1) is 0 Å². The normalized spacial score (nSPS) is 12.0. The third-order valence-corrected chi connectivity index (χ3v) is 4.14. The van der Waals surface area contributed by atoms with Gasteiger partial charge >= 0.3 is 6.18 Å². The van der Waals surface area contributed by atoms with Gasteiger partial charge in [0.25, 0.3) is 0 Å². The van der Waals surface area contributed by atoms with Gasteiger partial charge in [-0.1, -0.05) is 18.2 Å². The molecule has 6 heteroatoms. The fraction of sp³-hybridized carbons (Fsp3) is 0.105. The topological polar surface area (TPSA) is 22.8 Å². The van der Waals surface area contributed by atoms with Gasteiger partial charge < -0.3 is 9.13 Å². The second-order valence-electron chi connectivity index (χ2n) is 5.81. The molecule has 126 valence electrons. The molecular formula is C19H14F3N3. The van der Waals surface area contributed by atoms with Crippen molar-refractivity contribution < 1.29 is 13.2 Å². The van der Waals surface area contributed by atoms with E-state index in [2.05, 4.69) is 4.98 Å². The van der Waals surface area contributed by atoms with E-state index in [-0.39, 0.29) is 0 Å². The van der Waals surface area contributed by atoms with Crippen molar-refractivity contribution in [1.29, 1.82) is 0 Å². The molecule has 0 aliphatic carbocycles. The zero-order valence-electron chi connectivity index (χ0n) is 13.1. The Kier molecular flexibility index (Phi) is 3.60. The Bertz CT molecular complexity index is 997. The third-order valence-electron chi connectivity index (χ3n) is 4.14. The van der Waals surface area contributed by atoms with E-state index in [1.807, 2.05) is 45.7 Å². The lowest BCUT2D eigenvalue weighted by Crippen LogP contribution is -2.07. The molecule has 2 aromatic carbocycles. The molecule has 4 rings (SSSR count). The molecule has 0 aliphatic heterocycles. The average Bonchev–Trinajstić information content (AvgIpc) is 3.21. The predicted molar refractivity (Wildman–Crippen MR) is 89.6 cm³/mol. The van der Waals surface area contributed by atoms with Gasteiger partial charge in [0.15, 0.2) is 0 Å². The molecule has 4 aromatic rings. The van der Waals surface area contributed by atoms with Crippen LogP contribution in [0.5, 0.6) is 0 Å². The minimum atomic E-state index is -4.34. The van der Waals surface area contributed by atoms with Crippen LogP contribution < -0.4 is 0 Å². The Labute approximate surface area is 142 Å². The van der Waals surface area contributed by atoms with Gasteiger partial charge in [-0.25, -0.2) is 4.98 Å². The van der Waals surface area contributed by atoms with Crippen molar-refractivity contribution in [3.05, 3.63) is 84.6 Å². The van der Waals surface area contributed by atoms with Crippen LogP contribution in [0.2, 0.25) is 0 Å². The highest BCUT2D eigenvalue weighted by molar-refractivity contribution is 5.83. The van der Waals surface area contributed by atoms with Crippen molar-refractivity contribution in [3.8, 4) is 5.69 Å². The molecule has 0 spiro atoms. The molecule has 0 aliphatic rings. The van der Waals surface area contributed by atoms with E-state index in [4.69, 9.17) is 0 Å². The summed E-state index contributed by atoms with van der Waals surface area (Å²) in [4.78, 5) is 4.04. The van der Waals surface area contributed by atoms with Gasteiger partial charge in [0, 0.05) is 29.2 Å². The highest BCUT2D eigenvalue weighted by Gasteiger charge is 2.30. The van der Waals surface area contributed by atoms with Crippen molar-refractivity contribution >= 4 is 10.9 Å². The molecule has 0 N–H and O–H groups in total. The number of halogens is 3. The molecule has 25 heavy (non-hydrogen) atoms. The minimum Gasteiger partial charge on any atom is -0.332 e. The second kappa shape index (κ2) is 5.81. The van der Waals surface area contributed by atoms with Crippen molar-refractivity contribution in [3.63, 3.8) is 0 Å². The summed E-state index contributed by atoms with van der Waals surface area (Å²) in [7, 11) is 0. The summed E-state index contributed by atoms with van der Waals surface area (Å²) >= 11 is 0. The van der Waals surface area contributed by atoms with Crippen molar-refractivity contribution in [2.45, 2.75) is 12.7 Å². The molecule has 0 bridgehead atoms. The number of imidazole rings is 1. The van der Waals surface area contributed by atoms with Crippen LogP contribution in [0.3, 0.4) is 0 Å². The molecule has 0 fully saturated rings. The highest BCUT2D eigenvalue weighted by Crippen LogP contribution is 2.31. The fourth-order valence-electron chi connectivity index (χ4n) is 3.00. The van der Waals surface area contributed by atoms with E-state index < -0.39 is 11.7 Å². The van der Waals surface area contributed by atoms with Gasteiger partial charge in [-0.3, -0.25) is 0 Å². The van der Waals surface area contributed by atoms with E-state index >= 15 is 0 Å². The lowest BCUT2D eigenvalue weighted by molar-refractivity contribution is -0.137. The number of hydrogen-bond donors (Lipinski definition) is 0. The Hall–Kier alpha value is -3.02. The first kappa shape index (κ1) is 15.5. The maximum Gasteiger partial charge on any atom is 0.416 e. The molecule has 0 saturated heterocycles. The standard InChI is InChI=1S/C19H14F3N3/c20-19(21,22)15-5-7-16(8-6-15)25-17(12-24-10-9-23-13-24)11-14-3-1-2-4-18(14)25/h1-11,13H,12H2. The highest BCUT2D eigenvalue weighted by atomic mass is 19.4. The summed E-state index contributed by atoms with van der Waals surface area (Å²) < 4.78 is 42.4. The van der Waals surface area contributed by atoms with Crippen LogP contribution in [-0.2, 0) is 12.7 Å². The molecule has 2 aromatic heterocycles. The van der Waals surface area contributed by atoms with E-state index in [1.165, 1.54) is 12.1 Å². The summed E-state index contributed by atoms with van der Waals surface area (Å²) in [5.41, 5.74) is 1.98. The first-order chi connectivity index (χ1) is 12.0.